The molecule has 1 N–H and O–H groups in total. The second kappa shape index (κ2) is 8.15. The highest BCUT2D eigenvalue weighted by Crippen LogP contribution is 2.16. The molecular weight excluding hydrogens is 262 g/mol. The van der Waals surface area contributed by atoms with E-state index in [4.69, 9.17) is 9.72 Å². The third-order valence-electron chi connectivity index (χ3n) is 3.41. The second-order valence-corrected chi connectivity index (χ2v) is 5.62. The monoisotopic (exact) mass is 289 g/mol. The first-order valence-corrected chi connectivity index (χ1v) is 7.98. The SMILES string of the molecule is CCCn1c(CNCCCOC(C)C)nc2ccccc21. The molecule has 1 heterocycles. The van der Waals surface area contributed by atoms with Gasteiger partial charge in [0.25, 0.3) is 0 Å². The molecule has 116 valence electrons. The maximum Gasteiger partial charge on any atom is 0.123 e. The highest BCUT2D eigenvalue weighted by Gasteiger charge is 2.08. The van der Waals surface area contributed by atoms with Crippen molar-refractivity contribution in [1.82, 2.24) is 14.9 Å². The molecule has 0 atom stereocenters. The largest absolute Gasteiger partial charge is 0.379 e. The molecule has 0 bridgehead atoms. The molecule has 0 amide bonds. The van der Waals surface area contributed by atoms with Crippen LogP contribution in [0.5, 0.6) is 0 Å². The van der Waals surface area contributed by atoms with Gasteiger partial charge in [-0.25, -0.2) is 4.98 Å². The Hall–Kier alpha value is -1.39. The van der Waals surface area contributed by atoms with Crippen LogP contribution in [0.3, 0.4) is 0 Å². The number of para-hydroxylation sites is 2. The van der Waals surface area contributed by atoms with Crippen LogP contribution in [-0.2, 0) is 17.8 Å². The van der Waals surface area contributed by atoms with Crippen LogP contribution in [0, 0.1) is 0 Å². The molecule has 2 aromatic rings. The van der Waals surface area contributed by atoms with Crippen molar-refractivity contribution >= 4 is 11.0 Å². The van der Waals surface area contributed by atoms with E-state index in [1.54, 1.807) is 0 Å². The molecule has 21 heavy (non-hydrogen) atoms. The summed E-state index contributed by atoms with van der Waals surface area (Å²) < 4.78 is 7.87. The average Bonchev–Trinajstić information content (AvgIpc) is 2.81. The molecule has 0 fully saturated rings. The van der Waals surface area contributed by atoms with E-state index in [2.05, 4.69) is 48.9 Å². The minimum Gasteiger partial charge on any atom is -0.379 e. The maximum atomic E-state index is 5.54. The molecule has 4 nitrogen and oxygen atoms in total. The van der Waals surface area contributed by atoms with Gasteiger partial charge in [0.1, 0.15) is 5.82 Å². The first-order chi connectivity index (χ1) is 10.2. The number of benzene rings is 1. The quantitative estimate of drug-likeness (QED) is 0.720. The van der Waals surface area contributed by atoms with Crippen molar-refractivity contribution in [2.45, 2.75) is 52.8 Å². The minimum absolute atomic E-state index is 0.318. The number of nitrogens with zero attached hydrogens (tertiary/aromatic N) is 2. The van der Waals surface area contributed by atoms with Gasteiger partial charge in [0.05, 0.1) is 23.7 Å². The van der Waals surface area contributed by atoms with E-state index < -0.39 is 0 Å². The third-order valence-corrected chi connectivity index (χ3v) is 3.41. The number of rotatable bonds is 9. The summed E-state index contributed by atoms with van der Waals surface area (Å²) in [7, 11) is 0. The van der Waals surface area contributed by atoms with E-state index in [0.717, 1.165) is 50.4 Å². The molecule has 0 aliphatic rings. The zero-order chi connectivity index (χ0) is 15.1. The molecule has 0 radical (unpaired) electrons. The van der Waals surface area contributed by atoms with Crippen LogP contribution >= 0.6 is 0 Å². The van der Waals surface area contributed by atoms with Crippen LogP contribution in [-0.4, -0.2) is 28.8 Å². The Balaban J connectivity index is 1.90. The lowest BCUT2D eigenvalue weighted by atomic mass is 10.3. The molecule has 1 aromatic heterocycles. The zero-order valence-corrected chi connectivity index (χ0v) is 13.4. The first-order valence-electron chi connectivity index (χ1n) is 7.98. The number of aromatic nitrogens is 2. The Morgan fingerprint density at radius 2 is 2.10 bits per heavy atom. The van der Waals surface area contributed by atoms with E-state index in [-0.39, 0.29) is 0 Å². The molecule has 1 aromatic carbocycles. The Morgan fingerprint density at radius 1 is 1.29 bits per heavy atom. The lowest BCUT2D eigenvalue weighted by molar-refractivity contribution is 0.0770. The van der Waals surface area contributed by atoms with Crippen molar-refractivity contribution < 1.29 is 4.74 Å². The second-order valence-electron chi connectivity index (χ2n) is 5.62. The van der Waals surface area contributed by atoms with Crippen molar-refractivity contribution in [1.29, 1.82) is 0 Å². The van der Waals surface area contributed by atoms with Crippen LogP contribution in [0.1, 0.15) is 39.4 Å². The fourth-order valence-corrected chi connectivity index (χ4v) is 2.45. The van der Waals surface area contributed by atoms with Gasteiger partial charge in [0.15, 0.2) is 0 Å². The zero-order valence-electron chi connectivity index (χ0n) is 13.4. The Morgan fingerprint density at radius 3 is 2.86 bits per heavy atom. The highest BCUT2D eigenvalue weighted by molar-refractivity contribution is 5.75. The number of aryl methyl sites for hydroxylation is 1. The van der Waals surface area contributed by atoms with Crippen LogP contribution < -0.4 is 5.32 Å². The molecule has 0 saturated carbocycles. The molecule has 0 saturated heterocycles. The van der Waals surface area contributed by atoms with Crippen LogP contribution in [0.4, 0.5) is 0 Å². The van der Waals surface area contributed by atoms with E-state index >= 15 is 0 Å². The molecule has 2 rings (SSSR count). The van der Waals surface area contributed by atoms with Crippen molar-refractivity contribution in [3.63, 3.8) is 0 Å². The van der Waals surface area contributed by atoms with Crippen LogP contribution in [0.25, 0.3) is 11.0 Å². The van der Waals surface area contributed by atoms with Gasteiger partial charge in [-0.2, -0.15) is 0 Å². The summed E-state index contributed by atoms with van der Waals surface area (Å²) in [5.41, 5.74) is 2.32. The van der Waals surface area contributed by atoms with E-state index in [9.17, 15) is 0 Å². The highest BCUT2D eigenvalue weighted by atomic mass is 16.5. The molecule has 4 heteroatoms. The Bertz CT molecular complexity index is 548. The standard InChI is InChI=1S/C17H27N3O/c1-4-11-20-16-9-6-5-8-15(16)19-17(20)13-18-10-7-12-21-14(2)3/h5-6,8-9,14,18H,4,7,10-13H2,1-3H3. The van der Waals surface area contributed by atoms with Gasteiger partial charge < -0.3 is 14.6 Å². The van der Waals surface area contributed by atoms with E-state index in [1.165, 1.54) is 5.52 Å². The summed E-state index contributed by atoms with van der Waals surface area (Å²) in [5, 5.41) is 3.47. The summed E-state index contributed by atoms with van der Waals surface area (Å²) >= 11 is 0. The lowest BCUT2D eigenvalue weighted by Gasteiger charge is -2.10. The fourth-order valence-electron chi connectivity index (χ4n) is 2.45. The molecular formula is C17H27N3O. The summed E-state index contributed by atoms with van der Waals surface area (Å²) in [5.74, 6) is 1.13. The number of imidazole rings is 1. The normalized spacial score (nSPS) is 11.6. The number of hydrogen-bond acceptors (Lipinski definition) is 3. The predicted octanol–water partition coefficient (Wildman–Crippen LogP) is 3.35. The van der Waals surface area contributed by atoms with Gasteiger partial charge in [-0.15, -0.1) is 0 Å². The third kappa shape index (κ3) is 4.55. The van der Waals surface area contributed by atoms with Gasteiger partial charge in [-0.05, 0) is 45.4 Å². The summed E-state index contributed by atoms with van der Waals surface area (Å²) in [6, 6.07) is 8.36. The number of fused-ring (bicyclic) bond motifs is 1. The van der Waals surface area contributed by atoms with Gasteiger partial charge >= 0.3 is 0 Å². The van der Waals surface area contributed by atoms with Gasteiger partial charge in [0.2, 0.25) is 0 Å². The van der Waals surface area contributed by atoms with Gasteiger partial charge in [-0.1, -0.05) is 19.1 Å². The van der Waals surface area contributed by atoms with Crippen molar-refractivity contribution in [2.24, 2.45) is 0 Å². The van der Waals surface area contributed by atoms with Crippen molar-refractivity contribution in [2.75, 3.05) is 13.2 Å². The lowest BCUT2D eigenvalue weighted by Crippen LogP contribution is -2.20. The topological polar surface area (TPSA) is 39.1 Å². The van der Waals surface area contributed by atoms with Gasteiger partial charge in [0, 0.05) is 13.2 Å². The number of hydrogen-bond donors (Lipinski definition) is 1. The average molecular weight is 289 g/mol. The van der Waals surface area contributed by atoms with Crippen molar-refractivity contribution in [3.8, 4) is 0 Å². The van der Waals surface area contributed by atoms with Crippen LogP contribution in [0.2, 0.25) is 0 Å². The molecule has 0 spiro atoms. The summed E-state index contributed by atoms with van der Waals surface area (Å²) in [6.45, 7) is 9.96. The molecule has 0 aliphatic carbocycles. The minimum atomic E-state index is 0.318. The van der Waals surface area contributed by atoms with Crippen LogP contribution in [0.15, 0.2) is 24.3 Å². The molecule has 0 aliphatic heterocycles. The van der Waals surface area contributed by atoms with E-state index in [1.807, 2.05) is 6.07 Å². The summed E-state index contributed by atoms with van der Waals surface area (Å²) in [4.78, 5) is 4.75. The van der Waals surface area contributed by atoms with E-state index in [0.29, 0.717) is 6.10 Å². The maximum absolute atomic E-state index is 5.54. The predicted molar refractivity (Wildman–Crippen MR) is 87.4 cm³/mol. The smallest absolute Gasteiger partial charge is 0.123 e. The number of nitrogens with one attached hydrogen (secondary N) is 1. The summed E-state index contributed by atoms with van der Waals surface area (Å²) in [6.07, 6.45) is 2.47. The number of ether oxygens (including phenoxy) is 1. The Labute approximate surface area is 127 Å². The molecule has 0 unspecified atom stereocenters. The van der Waals surface area contributed by atoms with Crippen molar-refractivity contribution in [3.05, 3.63) is 30.1 Å². The Kier molecular flexibility index (Phi) is 6.21. The first kappa shape index (κ1) is 16.0. The fraction of sp³-hybridized carbons (Fsp3) is 0.588. The van der Waals surface area contributed by atoms with Gasteiger partial charge in [-0.3, -0.25) is 0 Å².